The van der Waals surface area contributed by atoms with Gasteiger partial charge in [-0.05, 0) is 31.4 Å². The highest BCUT2D eigenvalue weighted by atomic mass is 16.5. The molecule has 1 aromatic heterocycles. The van der Waals surface area contributed by atoms with E-state index in [0.29, 0.717) is 5.69 Å². The summed E-state index contributed by atoms with van der Waals surface area (Å²) in [7, 11) is 1.41. The molecule has 1 unspecified atom stereocenters. The molecule has 0 radical (unpaired) electrons. The molecule has 1 atom stereocenters. The van der Waals surface area contributed by atoms with Crippen molar-refractivity contribution in [2.75, 3.05) is 18.6 Å². The van der Waals surface area contributed by atoms with Crippen LogP contribution in [0.4, 0.5) is 5.69 Å². The quantitative estimate of drug-likeness (QED) is 0.738. The van der Waals surface area contributed by atoms with Crippen molar-refractivity contribution >= 4 is 11.7 Å². The van der Waals surface area contributed by atoms with E-state index in [1.807, 2.05) is 17.0 Å². The molecule has 5 heteroatoms. The minimum Gasteiger partial charge on any atom is -0.467 e. The van der Waals surface area contributed by atoms with Gasteiger partial charge in [-0.15, -0.1) is 0 Å². The van der Waals surface area contributed by atoms with E-state index < -0.39 is 0 Å². The number of methoxy groups -OCH3 is 1. The summed E-state index contributed by atoms with van der Waals surface area (Å²) in [6.07, 6.45) is 4.51. The first-order valence-corrected chi connectivity index (χ1v) is 5.97. The molecule has 1 fully saturated rings. The standard InChI is InChI=1S/C13H15N3O2/c1-18-13(17)12-4-2-3-7-16(12)11-6-5-10(8-14)15-9-11/h5-6,9,12H,2-4,7H2,1H3. The van der Waals surface area contributed by atoms with E-state index in [2.05, 4.69) is 4.98 Å². The fourth-order valence-electron chi connectivity index (χ4n) is 2.24. The van der Waals surface area contributed by atoms with E-state index in [4.69, 9.17) is 10.00 Å². The molecule has 94 valence electrons. The molecular formula is C13H15N3O2. The Balaban J connectivity index is 2.22. The molecule has 18 heavy (non-hydrogen) atoms. The minimum absolute atomic E-state index is 0.209. The monoisotopic (exact) mass is 245 g/mol. The van der Waals surface area contributed by atoms with Crippen LogP contribution < -0.4 is 4.90 Å². The van der Waals surface area contributed by atoms with Crippen molar-refractivity contribution in [3.05, 3.63) is 24.0 Å². The van der Waals surface area contributed by atoms with Gasteiger partial charge in [0.2, 0.25) is 0 Å². The summed E-state index contributed by atoms with van der Waals surface area (Å²) in [5, 5.41) is 8.72. The Kier molecular flexibility index (Phi) is 3.78. The van der Waals surface area contributed by atoms with Crippen LogP contribution in [0.2, 0.25) is 0 Å². The van der Waals surface area contributed by atoms with Gasteiger partial charge in [0.05, 0.1) is 19.0 Å². The highest BCUT2D eigenvalue weighted by Crippen LogP contribution is 2.24. The lowest BCUT2D eigenvalue weighted by atomic mass is 10.0. The van der Waals surface area contributed by atoms with Crippen LogP contribution >= 0.6 is 0 Å². The van der Waals surface area contributed by atoms with Gasteiger partial charge in [-0.2, -0.15) is 5.26 Å². The Morgan fingerprint density at radius 1 is 1.56 bits per heavy atom. The van der Waals surface area contributed by atoms with Crippen molar-refractivity contribution in [3.8, 4) is 6.07 Å². The third-order valence-corrected chi connectivity index (χ3v) is 3.17. The Morgan fingerprint density at radius 2 is 2.39 bits per heavy atom. The van der Waals surface area contributed by atoms with Gasteiger partial charge >= 0.3 is 5.97 Å². The second-order valence-electron chi connectivity index (χ2n) is 4.24. The molecule has 5 nitrogen and oxygen atoms in total. The second kappa shape index (κ2) is 5.50. The minimum atomic E-state index is -0.238. The van der Waals surface area contributed by atoms with Crippen molar-refractivity contribution in [3.63, 3.8) is 0 Å². The van der Waals surface area contributed by atoms with Gasteiger partial charge in [-0.1, -0.05) is 0 Å². The molecule has 0 aromatic carbocycles. The van der Waals surface area contributed by atoms with Gasteiger partial charge in [0.15, 0.2) is 0 Å². The molecule has 1 aliphatic rings. The first-order chi connectivity index (χ1) is 8.76. The maximum absolute atomic E-state index is 11.7. The second-order valence-corrected chi connectivity index (χ2v) is 4.24. The van der Waals surface area contributed by atoms with Gasteiger partial charge in [0, 0.05) is 6.54 Å². The predicted octanol–water partition coefficient (Wildman–Crippen LogP) is 1.49. The molecule has 0 bridgehead atoms. The summed E-state index contributed by atoms with van der Waals surface area (Å²) in [6, 6.07) is 5.23. The van der Waals surface area contributed by atoms with Crippen molar-refractivity contribution in [1.82, 2.24) is 4.98 Å². The SMILES string of the molecule is COC(=O)C1CCCCN1c1ccc(C#N)nc1. The topological polar surface area (TPSA) is 66.2 Å². The zero-order chi connectivity index (χ0) is 13.0. The Morgan fingerprint density at radius 3 is 3.00 bits per heavy atom. The Labute approximate surface area is 106 Å². The average Bonchev–Trinajstić information content (AvgIpc) is 2.46. The molecule has 1 aliphatic heterocycles. The summed E-state index contributed by atoms with van der Waals surface area (Å²) in [4.78, 5) is 17.8. The summed E-state index contributed by atoms with van der Waals surface area (Å²) in [5.74, 6) is -0.209. The number of rotatable bonds is 2. The van der Waals surface area contributed by atoms with E-state index in [1.165, 1.54) is 7.11 Å². The van der Waals surface area contributed by atoms with Crippen molar-refractivity contribution in [2.45, 2.75) is 25.3 Å². The van der Waals surface area contributed by atoms with Crippen LogP contribution in [0.3, 0.4) is 0 Å². The number of piperidine rings is 1. The highest BCUT2D eigenvalue weighted by molar-refractivity contribution is 5.80. The number of carbonyl (C=O) groups excluding carboxylic acids is 1. The number of esters is 1. The number of nitriles is 1. The largest absolute Gasteiger partial charge is 0.467 e. The summed E-state index contributed by atoms with van der Waals surface area (Å²) in [5.41, 5.74) is 1.24. The molecule has 1 aromatic rings. The lowest BCUT2D eigenvalue weighted by Gasteiger charge is -2.35. The van der Waals surface area contributed by atoms with Crippen molar-refractivity contribution in [1.29, 1.82) is 5.26 Å². The fourth-order valence-corrected chi connectivity index (χ4v) is 2.24. The van der Waals surface area contributed by atoms with Crippen molar-refractivity contribution < 1.29 is 9.53 Å². The number of hydrogen-bond donors (Lipinski definition) is 0. The molecule has 2 heterocycles. The van der Waals surface area contributed by atoms with Crippen LogP contribution in [0, 0.1) is 11.3 Å². The molecule has 0 saturated carbocycles. The third kappa shape index (κ3) is 2.43. The number of pyridine rings is 1. The van der Waals surface area contributed by atoms with Crippen LogP contribution in [0.15, 0.2) is 18.3 Å². The van der Waals surface area contributed by atoms with E-state index in [9.17, 15) is 4.79 Å². The van der Waals surface area contributed by atoms with Gasteiger partial charge in [-0.3, -0.25) is 0 Å². The lowest BCUT2D eigenvalue weighted by molar-refractivity contribution is -0.142. The van der Waals surface area contributed by atoms with E-state index in [0.717, 1.165) is 31.5 Å². The number of ether oxygens (including phenoxy) is 1. The Bertz CT molecular complexity index is 464. The summed E-state index contributed by atoms with van der Waals surface area (Å²) >= 11 is 0. The first kappa shape index (κ1) is 12.4. The number of hydrogen-bond acceptors (Lipinski definition) is 5. The molecular weight excluding hydrogens is 230 g/mol. The summed E-state index contributed by atoms with van der Waals surface area (Å²) in [6.45, 7) is 0.813. The van der Waals surface area contributed by atoms with Crippen LogP contribution in [0.5, 0.6) is 0 Å². The molecule has 0 amide bonds. The van der Waals surface area contributed by atoms with Gasteiger partial charge in [0.25, 0.3) is 0 Å². The van der Waals surface area contributed by atoms with E-state index >= 15 is 0 Å². The number of nitrogens with zero attached hydrogens (tertiary/aromatic N) is 3. The lowest BCUT2D eigenvalue weighted by Crippen LogP contribution is -2.45. The number of anilines is 1. The molecule has 0 aliphatic carbocycles. The summed E-state index contributed by atoms with van der Waals surface area (Å²) < 4.78 is 4.83. The average molecular weight is 245 g/mol. The number of aromatic nitrogens is 1. The van der Waals surface area contributed by atoms with E-state index in [-0.39, 0.29) is 12.0 Å². The van der Waals surface area contributed by atoms with E-state index in [1.54, 1.807) is 12.3 Å². The first-order valence-electron chi connectivity index (χ1n) is 5.97. The zero-order valence-corrected chi connectivity index (χ0v) is 10.3. The number of carbonyl (C=O) groups is 1. The van der Waals surface area contributed by atoms with Gasteiger partial charge in [-0.25, -0.2) is 9.78 Å². The Hall–Kier alpha value is -2.09. The maximum atomic E-state index is 11.7. The van der Waals surface area contributed by atoms with Gasteiger partial charge in [0.1, 0.15) is 17.8 Å². The highest BCUT2D eigenvalue weighted by Gasteiger charge is 2.29. The van der Waals surface area contributed by atoms with Gasteiger partial charge < -0.3 is 9.64 Å². The van der Waals surface area contributed by atoms with Crippen LogP contribution in [0.25, 0.3) is 0 Å². The fraction of sp³-hybridized carbons (Fsp3) is 0.462. The normalized spacial score (nSPS) is 19.1. The van der Waals surface area contributed by atoms with Crippen LogP contribution in [-0.4, -0.2) is 30.6 Å². The smallest absolute Gasteiger partial charge is 0.328 e. The van der Waals surface area contributed by atoms with Crippen LogP contribution in [-0.2, 0) is 9.53 Å². The molecule has 0 spiro atoms. The van der Waals surface area contributed by atoms with Crippen molar-refractivity contribution in [2.24, 2.45) is 0 Å². The maximum Gasteiger partial charge on any atom is 0.328 e. The molecule has 2 rings (SSSR count). The predicted molar refractivity (Wildman–Crippen MR) is 66.0 cm³/mol. The third-order valence-electron chi connectivity index (χ3n) is 3.17. The van der Waals surface area contributed by atoms with Crippen LogP contribution in [0.1, 0.15) is 25.0 Å². The zero-order valence-electron chi connectivity index (χ0n) is 10.3. The molecule has 0 N–H and O–H groups in total. The molecule has 1 saturated heterocycles.